The highest BCUT2D eigenvalue weighted by molar-refractivity contribution is 8.00. The van der Waals surface area contributed by atoms with Crippen LogP contribution in [0.3, 0.4) is 0 Å². The second-order valence-electron chi connectivity index (χ2n) is 4.97. The SMILES string of the molecule is Cc1ccc(NC(=O)CSc2nc(C)nc(C)c2C#N)c(Cl)c1. The number of hydrogen-bond donors (Lipinski definition) is 1. The lowest BCUT2D eigenvalue weighted by Crippen LogP contribution is -2.15. The van der Waals surface area contributed by atoms with E-state index >= 15 is 0 Å². The van der Waals surface area contributed by atoms with Gasteiger partial charge in [0.1, 0.15) is 22.5 Å². The summed E-state index contributed by atoms with van der Waals surface area (Å²) in [7, 11) is 0. The van der Waals surface area contributed by atoms with E-state index in [4.69, 9.17) is 11.6 Å². The van der Waals surface area contributed by atoms with Crippen molar-refractivity contribution in [1.29, 1.82) is 5.26 Å². The van der Waals surface area contributed by atoms with Crippen LogP contribution in [0.4, 0.5) is 5.69 Å². The maximum Gasteiger partial charge on any atom is 0.234 e. The molecule has 0 unspecified atom stereocenters. The van der Waals surface area contributed by atoms with E-state index in [0.717, 1.165) is 5.56 Å². The Morgan fingerprint density at radius 2 is 2.09 bits per heavy atom. The minimum Gasteiger partial charge on any atom is -0.324 e. The quantitative estimate of drug-likeness (QED) is 0.675. The smallest absolute Gasteiger partial charge is 0.234 e. The van der Waals surface area contributed by atoms with Crippen LogP contribution in [0.1, 0.15) is 22.6 Å². The number of nitrogens with zero attached hydrogens (tertiary/aromatic N) is 3. The first kappa shape index (κ1) is 17.3. The number of thioether (sulfide) groups is 1. The minimum atomic E-state index is -0.210. The third-order valence-electron chi connectivity index (χ3n) is 3.02. The first-order chi connectivity index (χ1) is 10.9. The van der Waals surface area contributed by atoms with E-state index in [9.17, 15) is 10.1 Å². The Labute approximate surface area is 144 Å². The first-order valence-corrected chi connectivity index (χ1v) is 8.21. The standard InChI is InChI=1S/C16H15ClN4OS/c1-9-4-5-14(13(17)6-9)21-15(22)8-23-16-12(7-18)10(2)19-11(3)20-16/h4-6H,8H2,1-3H3,(H,21,22). The summed E-state index contributed by atoms with van der Waals surface area (Å²) in [6, 6.07) is 7.51. The summed E-state index contributed by atoms with van der Waals surface area (Å²) in [6.45, 7) is 5.43. The average molecular weight is 347 g/mol. The zero-order valence-corrected chi connectivity index (χ0v) is 14.5. The van der Waals surface area contributed by atoms with Gasteiger partial charge in [-0.05, 0) is 38.5 Å². The van der Waals surface area contributed by atoms with Crippen molar-refractivity contribution in [3.8, 4) is 6.07 Å². The summed E-state index contributed by atoms with van der Waals surface area (Å²) in [5.41, 5.74) is 2.61. The number of benzene rings is 1. The van der Waals surface area contributed by atoms with Gasteiger partial charge in [0, 0.05) is 0 Å². The molecule has 0 aliphatic carbocycles. The molecule has 1 heterocycles. The van der Waals surface area contributed by atoms with Crippen molar-refractivity contribution in [2.24, 2.45) is 0 Å². The van der Waals surface area contributed by atoms with Gasteiger partial charge in [0.25, 0.3) is 0 Å². The summed E-state index contributed by atoms with van der Waals surface area (Å²) in [4.78, 5) is 20.5. The number of nitrogens with one attached hydrogen (secondary N) is 1. The Kier molecular flexibility index (Phi) is 5.59. The largest absolute Gasteiger partial charge is 0.324 e. The van der Waals surface area contributed by atoms with E-state index < -0.39 is 0 Å². The van der Waals surface area contributed by atoms with E-state index in [0.29, 0.717) is 32.8 Å². The number of halogens is 1. The van der Waals surface area contributed by atoms with Crippen molar-refractivity contribution in [2.75, 3.05) is 11.1 Å². The molecular weight excluding hydrogens is 332 g/mol. The van der Waals surface area contributed by atoms with Crippen LogP contribution in [0.5, 0.6) is 0 Å². The lowest BCUT2D eigenvalue weighted by Gasteiger charge is -2.09. The fourth-order valence-corrected chi connectivity index (χ4v) is 3.11. The fourth-order valence-electron chi connectivity index (χ4n) is 1.96. The van der Waals surface area contributed by atoms with Crippen LogP contribution in [0.2, 0.25) is 5.02 Å². The van der Waals surface area contributed by atoms with Gasteiger partial charge < -0.3 is 5.32 Å². The number of amides is 1. The average Bonchev–Trinajstić information content (AvgIpc) is 2.47. The molecule has 0 radical (unpaired) electrons. The summed E-state index contributed by atoms with van der Waals surface area (Å²) in [5.74, 6) is 0.499. The van der Waals surface area contributed by atoms with Gasteiger partial charge >= 0.3 is 0 Å². The predicted octanol–water partition coefficient (Wildman–Crippen LogP) is 3.66. The molecule has 7 heteroatoms. The monoisotopic (exact) mass is 346 g/mol. The highest BCUT2D eigenvalue weighted by Gasteiger charge is 2.13. The molecule has 0 aliphatic heterocycles. The van der Waals surface area contributed by atoms with Crippen molar-refractivity contribution < 1.29 is 4.79 Å². The normalized spacial score (nSPS) is 10.2. The number of rotatable bonds is 4. The molecule has 0 aliphatic rings. The molecule has 1 N–H and O–H groups in total. The maximum absolute atomic E-state index is 12.1. The molecule has 118 valence electrons. The second-order valence-corrected chi connectivity index (χ2v) is 6.34. The molecule has 1 aromatic heterocycles. The van der Waals surface area contributed by atoms with Crippen molar-refractivity contribution in [3.05, 3.63) is 45.9 Å². The summed E-state index contributed by atoms with van der Waals surface area (Å²) >= 11 is 7.30. The zero-order valence-electron chi connectivity index (χ0n) is 13.0. The van der Waals surface area contributed by atoms with Gasteiger partial charge in [-0.2, -0.15) is 5.26 Å². The van der Waals surface area contributed by atoms with E-state index in [1.165, 1.54) is 11.8 Å². The van der Waals surface area contributed by atoms with E-state index in [1.54, 1.807) is 26.0 Å². The number of carbonyl (C=O) groups excluding carboxylic acids is 1. The molecule has 0 saturated carbocycles. The van der Waals surface area contributed by atoms with Crippen LogP contribution in [0.15, 0.2) is 23.2 Å². The highest BCUT2D eigenvalue weighted by atomic mass is 35.5. The fraction of sp³-hybridized carbons (Fsp3) is 0.250. The highest BCUT2D eigenvalue weighted by Crippen LogP contribution is 2.25. The van der Waals surface area contributed by atoms with Crippen LogP contribution in [-0.4, -0.2) is 21.6 Å². The van der Waals surface area contributed by atoms with Gasteiger partial charge in [-0.3, -0.25) is 4.79 Å². The van der Waals surface area contributed by atoms with Crippen LogP contribution in [-0.2, 0) is 4.79 Å². The Morgan fingerprint density at radius 3 is 2.74 bits per heavy atom. The molecular formula is C16H15ClN4OS. The number of hydrogen-bond acceptors (Lipinski definition) is 5. The van der Waals surface area contributed by atoms with Crippen molar-refractivity contribution in [2.45, 2.75) is 25.8 Å². The molecule has 2 aromatic rings. The van der Waals surface area contributed by atoms with Crippen LogP contribution < -0.4 is 5.32 Å². The van der Waals surface area contributed by atoms with Gasteiger partial charge in [0.15, 0.2) is 0 Å². The topological polar surface area (TPSA) is 78.7 Å². The number of anilines is 1. The molecule has 1 aromatic carbocycles. The predicted molar refractivity (Wildman–Crippen MR) is 91.8 cm³/mol. The number of aromatic nitrogens is 2. The third-order valence-corrected chi connectivity index (χ3v) is 4.31. The molecule has 0 atom stereocenters. The molecule has 2 rings (SSSR count). The molecule has 1 amide bonds. The van der Waals surface area contributed by atoms with Gasteiger partial charge in [0.05, 0.1) is 22.2 Å². The molecule has 23 heavy (non-hydrogen) atoms. The first-order valence-electron chi connectivity index (χ1n) is 6.85. The lowest BCUT2D eigenvalue weighted by molar-refractivity contribution is -0.113. The van der Waals surface area contributed by atoms with E-state index in [2.05, 4.69) is 21.4 Å². The van der Waals surface area contributed by atoms with Gasteiger partial charge in [-0.25, -0.2) is 9.97 Å². The van der Waals surface area contributed by atoms with Gasteiger partial charge in [-0.1, -0.05) is 29.4 Å². The molecule has 0 bridgehead atoms. The molecule has 0 fully saturated rings. The molecule has 5 nitrogen and oxygen atoms in total. The summed E-state index contributed by atoms with van der Waals surface area (Å²) in [5, 5.41) is 13.0. The van der Waals surface area contributed by atoms with Crippen LogP contribution >= 0.6 is 23.4 Å². The Bertz CT molecular complexity index is 801. The zero-order chi connectivity index (χ0) is 17.0. The number of aryl methyl sites for hydroxylation is 3. The lowest BCUT2D eigenvalue weighted by atomic mass is 10.2. The van der Waals surface area contributed by atoms with E-state index in [-0.39, 0.29) is 11.7 Å². The maximum atomic E-state index is 12.1. The Morgan fingerprint density at radius 1 is 1.35 bits per heavy atom. The van der Waals surface area contributed by atoms with Crippen molar-refractivity contribution in [3.63, 3.8) is 0 Å². The third kappa shape index (κ3) is 4.44. The molecule has 0 saturated heterocycles. The van der Waals surface area contributed by atoms with Gasteiger partial charge in [0.2, 0.25) is 5.91 Å². The summed E-state index contributed by atoms with van der Waals surface area (Å²) < 4.78 is 0. The second kappa shape index (κ2) is 7.44. The van der Waals surface area contributed by atoms with Crippen molar-refractivity contribution >= 4 is 35.0 Å². The molecule has 0 spiro atoms. The van der Waals surface area contributed by atoms with Crippen LogP contribution in [0.25, 0.3) is 0 Å². The Hall–Kier alpha value is -2.10. The van der Waals surface area contributed by atoms with Gasteiger partial charge in [-0.15, -0.1) is 0 Å². The van der Waals surface area contributed by atoms with Crippen LogP contribution in [0, 0.1) is 32.1 Å². The Balaban J connectivity index is 2.07. The number of nitriles is 1. The minimum absolute atomic E-state index is 0.134. The van der Waals surface area contributed by atoms with E-state index in [1.807, 2.05) is 13.0 Å². The van der Waals surface area contributed by atoms with Crippen molar-refractivity contribution in [1.82, 2.24) is 9.97 Å². The number of carbonyl (C=O) groups is 1. The summed E-state index contributed by atoms with van der Waals surface area (Å²) in [6.07, 6.45) is 0.